The minimum absolute atomic E-state index is 0.0822. The fourth-order valence-electron chi connectivity index (χ4n) is 4.78. The van der Waals surface area contributed by atoms with Crippen molar-refractivity contribution < 1.29 is 4.79 Å². The topological polar surface area (TPSA) is 17.1 Å². The van der Waals surface area contributed by atoms with Gasteiger partial charge in [0.1, 0.15) is 5.78 Å². The van der Waals surface area contributed by atoms with Gasteiger partial charge in [0.15, 0.2) is 0 Å². The lowest BCUT2D eigenvalue weighted by Crippen LogP contribution is -2.55. The number of hydrogen-bond donors (Lipinski definition) is 0. The molecule has 72 valence electrons. The highest BCUT2D eigenvalue weighted by molar-refractivity contribution is 5.88. The number of Topliss-reactive ketones (excluding diaryl/α,β-unsaturated/α-hetero) is 1. The van der Waals surface area contributed by atoms with Crippen molar-refractivity contribution >= 4 is 5.78 Å². The molecule has 4 bridgehead atoms. The van der Waals surface area contributed by atoms with E-state index in [1.165, 1.54) is 32.1 Å². The van der Waals surface area contributed by atoms with Gasteiger partial charge in [0, 0.05) is 11.3 Å². The second-order valence-electron chi connectivity index (χ2n) is 6.32. The molecular formula is C12H18O. The van der Waals surface area contributed by atoms with Gasteiger partial charge in [0.2, 0.25) is 0 Å². The van der Waals surface area contributed by atoms with Crippen LogP contribution in [0.4, 0.5) is 0 Å². The first-order valence-corrected chi connectivity index (χ1v) is 5.55. The Labute approximate surface area is 79.9 Å². The molecule has 0 aromatic rings. The zero-order valence-corrected chi connectivity index (χ0v) is 8.60. The van der Waals surface area contributed by atoms with Crippen LogP contribution in [0.5, 0.6) is 0 Å². The number of rotatable bonds is 0. The Bertz CT molecular complexity index is 283. The maximum absolute atomic E-state index is 12.0. The second-order valence-corrected chi connectivity index (χ2v) is 6.32. The summed E-state index contributed by atoms with van der Waals surface area (Å²) in [4.78, 5) is 12.0. The first kappa shape index (κ1) is 8.02. The molecule has 4 fully saturated rings. The van der Waals surface area contributed by atoms with Crippen LogP contribution in [0.15, 0.2) is 0 Å². The predicted molar refractivity (Wildman–Crippen MR) is 51.3 cm³/mol. The Morgan fingerprint density at radius 2 is 2.00 bits per heavy atom. The van der Waals surface area contributed by atoms with E-state index in [-0.39, 0.29) is 5.41 Å². The molecule has 4 saturated carbocycles. The third-order valence-electron chi connectivity index (χ3n) is 4.66. The predicted octanol–water partition coefficient (Wildman–Crippen LogP) is 2.79. The molecule has 0 heterocycles. The number of carbonyl (C=O) groups is 1. The van der Waals surface area contributed by atoms with Gasteiger partial charge in [-0.2, -0.15) is 0 Å². The van der Waals surface area contributed by atoms with Crippen LogP contribution in [0.25, 0.3) is 0 Å². The average Bonchev–Trinajstić information content (AvgIpc) is 1.96. The first-order chi connectivity index (χ1) is 6.01. The maximum Gasteiger partial charge on any atom is 0.141 e. The summed E-state index contributed by atoms with van der Waals surface area (Å²) in [5, 5.41) is 0. The molecule has 1 heteroatoms. The van der Waals surface area contributed by atoms with E-state index in [0.29, 0.717) is 17.1 Å². The van der Waals surface area contributed by atoms with Gasteiger partial charge in [-0.15, -0.1) is 0 Å². The van der Waals surface area contributed by atoms with Crippen molar-refractivity contribution in [3.8, 4) is 0 Å². The molecule has 1 nitrogen and oxygen atoms in total. The molecule has 4 rings (SSSR count). The lowest BCUT2D eigenvalue weighted by atomic mass is 9.45. The van der Waals surface area contributed by atoms with Gasteiger partial charge in [0.05, 0.1) is 0 Å². The SMILES string of the molecule is C[C@@]12C[C@H]3C[C@@H](C1)C(=O)[C@](C)(C3)C2. The lowest BCUT2D eigenvalue weighted by molar-refractivity contribution is -0.159. The summed E-state index contributed by atoms with van der Waals surface area (Å²) in [6, 6.07) is 0. The smallest absolute Gasteiger partial charge is 0.141 e. The molecule has 4 aliphatic rings. The fraction of sp³-hybridized carbons (Fsp3) is 0.917. The van der Waals surface area contributed by atoms with Crippen molar-refractivity contribution in [2.75, 3.05) is 0 Å². The fourth-order valence-corrected chi connectivity index (χ4v) is 4.78. The Morgan fingerprint density at radius 1 is 1.23 bits per heavy atom. The van der Waals surface area contributed by atoms with Crippen LogP contribution in [0.3, 0.4) is 0 Å². The second kappa shape index (κ2) is 2.02. The van der Waals surface area contributed by atoms with Crippen LogP contribution in [-0.4, -0.2) is 5.78 Å². The van der Waals surface area contributed by atoms with Crippen molar-refractivity contribution in [3.63, 3.8) is 0 Å². The molecule has 0 spiro atoms. The molecule has 0 aromatic carbocycles. The summed E-state index contributed by atoms with van der Waals surface area (Å²) in [5.41, 5.74) is 0.604. The van der Waals surface area contributed by atoms with Crippen LogP contribution in [0.2, 0.25) is 0 Å². The summed E-state index contributed by atoms with van der Waals surface area (Å²) >= 11 is 0. The molecule has 0 saturated heterocycles. The molecular weight excluding hydrogens is 160 g/mol. The molecule has 13 heavy (non-hydrogen) atoms. The standard InChI is InChI=1S/C12H18O/c1-11-4-8-3-9(6-11)10(13)12(2,5-8)7-11/h8-9H,3-7H2,1-2H3/t8-,9+,11-,12-/m1/s1. The largest absolute Gasteiger partial charge is 0.299 e. The monoisotopic (exact) mass is 178 g/mol. The van der Waals surface area contributed by atoms with Gasteiger partial charge in [0.25, 0.3) is 0 Å². The third kappa shape index (κ3) is 0.908. The Hall–Kier alpha value is -0.330. The van der Waals surface area contributed by atoms with E-state index in [4.69, 9.17) is 0 Å². The molecule has 0 aromatic heterocycles. The van der Waals surface area contributed by atoms with Crippen LogP contribution < -0.4 is 0 Å². The van der Waals surface area contributed by atoms with E-state index in [2.05, 4.69) is 13.8 Å². The average molecular weight is 178 g/mol. The summed E-state index contributed by atoms with van der Waals surface area (Å²) in [6.45, 7) is 4.61. The Kier molecular flexibility index (Phi) is 1.24. The van der Waals surface area contributed by atoms with Gasteiger partial charge in [-0.1, -0.05) is 13.8 Å². The van der Waals surface area contributed by atoms with Crippen LogP contribution in [0, 0.1) is 22.7 Å². The molecule has 0 N–H and O–H groups in total. The van der Waals surface area contributed by atoms with Crippen molar-refractivity contribution in [1.82, 2.24) is 0 Å². The van der Waals surface area contributed by atoms with Crippen molar-refractivity contribution in [2.24, 2.45) is 22.7 Å². The molecule has 0 aliphatic heterocycles. The van der Waals surface area contributed by atoms with E-state index < -0.39 is 0 Å². The Morgan fingerprint density at radius 3 is 2.62 bits per heavy atom. The van der Waals surface area contributed by atoms with Gasteiger partial charge in [-0.05, 0) is 43.4 Å². The van der Waals surface area contributed by atoms with Crippen molar-refractivity contribution in [1.29, 1.82) is 0 Å². The maximum atomic E-state index is 12.0. The highest BCUT2D eigenvalue weighted by atomic mass is 16.1. The summed E-state index contributed by atoms with van der Waals surface area (Å²) < 4.78 is 0. The molecule has 4 atom stereocenters. The summed E-state index contributed by atoms with van der Waals surface area (Å²) in [7, 11) is 0. The van der Waals surface area contributed by atoms with E-state index in [9.17, 15) is 4.79 Å². The van der Waals surface area contributed by atoms with Crippen molar-refractivity contribution in [3.05, 3.63) is 0 Å². The van der Waals surface area contributed by atoms with Gasteiger partial charge >= 0.3 is 0 Å². The number of hydrogen-bond acceptors (Lipinski definition) is 1. The molecule has 0 amide bonds. The van der Waals surface area contributed by atoms with Crippen molar-refractivity contribution in [2.45, 2.75) is 46.0 Å². The number of ketones is 1. The van der Waals surface area contributed by atoms with Crippen LogP contribution in [-0.2, 0) is 4.79 Å². The zero-order valence-electron chi connectivity index (χ0n) is 8.60. The lowest BCUT2D eigenvalue weighted by Gasteiger charge is -2.59. The number of carbonyl (C=O) groups excluding carboxylic acids is 1. The molecule has 4 aliphatic carbocycles. The first-order valence-electron chi connectivity index (χ1n) is 5.55. The van der Waals surface area contributed by atoms with E-state index >= 15 is 0 Å². The van der Waals surface area contributed by atoms with Crippen LogP contribution in [0.1, 0.15) is 46.0 Å². The summed E-state index contributed by atoms with van der Waals surface area (Å²) in [6.07, 6.45) is 6.16. The third-order valence-corrected chi connectivity index (χ3v) is 4.66. The van der Waals surface area contributed by atoms with Crippen LogP contribution >= 0.6 is 0 Å². The zero-order chi connectivity index (χ0) is 9.27. The minimum Gasteiger partial charge on any atom is -0.299 e. The molecule has 0 unspecified atom stereocenters. The Balaban J connectivity index is 2.06. The highest BCUT2D eigenvalue weighted by Crippen LogP contribution is 2.63. The van der Waals surface area contributed by atoms with Gasteiger partial charge in [-0.3, -0.25) is 4.79 Å². The quantitative estimate of drug-likeness (QED) is 0.557. The highest BCUT2D eigenvalue weighted by Gasteiger charge is 2.58. The van der Waals surface area contributed by atoms with E-state index in [1.54, 1.807) is 0 Å². The van der Waals surface area contributed by atoms with E-state index in [0.717, 1.165) is 5.92 Å². The normalized spacial score (nSPS) is 58.8. The molecule has 0 radical (unpaired) electrons. The minimum atomic E-state index is 0.0822. The van der Waals surface area contributed by atoms with Gasteiger partial charge in [-0.25, -0.2) is 0 Å². The van der Waals surface area contributed by atoms with E-state index in [1.807, 2.05) is 0 Å². The summed E-state index contributed by atoms with van der Waals surface area (Å²) in [5.74, 6) is 1.91. The van der Waals surface area contributed by atoms with Gasteiger partial charge < -0.3 is 0 Å².